The Morgan fingerprint density at radius 2 is 2.50 bits per heavy atom. The van der Waals surface area contributed by atoms with Crippen molar-refractivity contribution in [2.24, 2.45) is 5.92 Å². The van der Waals surface area contributed by atoms with Gasteiger partial charge in [0.15, 0.2) is 0 Å². The fourth-order valence-corrected chi connectivity index (χ4v) is 2.67. The molecule has 1 aliphatic rings. The number of carbonyl (C=O) groups excluding carboxylic acids is 1. The third-order valence-corrected chi connectivity index (χ3v) is 3.68. The standard InChI is InChI=1S/C11H17N3OS/c1-8-5-14(2)4-3-9(8)13-11(15)10-6-16-7-12-10/h6-9H,3-5H2,1-2H3,(H,13,15). The second kappa shape index (κ2) is 4.93. The van der Waals surface area contributed by atoms with Gasteiger partial charge in [-0.05, 0) is 25.9 Å². The minimum atomic E-state index is -0.0392. The first-order valence-electron chi connectivity index (χ1n) is 5.54. The van der Waals surface area contributed by atoms with Crippen LogP contribution in [-0.4, -0.2) is 42.0 Å². The van der Waals surface area contributed by atoms with Crippen molar-refractivity contribution in [1.82, 2.24) is 15.2 Å². The lowest BCUT2D eigenvalue weighted by molar-refractivity contribution is 0.0879. The van der Waals surface area contributed by atoms with Crippen molar-refractivity contribution in [3.8, 4) is 0 Å². The number of aromatic nitrogens is 1. The number of rotatable bonds is 2. The molecule has 1 aliphatic heterocycles. The van der Waals surface area contributed by atoms with E-state index in [0.717, 1.165) is 19.5 Å². The molecule has 0 bridgehead atoms. The Balaban J connectivity index is 1.92. The maximum atomic E-state index is 11.8. The highest BCUT2D eigenvalue weighted by Crippen LogP contribution is 2.15. The van der Waals surface area contributed by atoms with E-state index in [0.29, 0.717) is 11.6 Å². The number of nitrogens with one attached hydrogen (secondary N) is 1. The topological polar surface area (TPSA) is 45.2 Å². The molecule has 16 heavy (non-hydrogen) atoms. The Bertz CT molecular complexity index is 352. The first kappa shape index (κ1) is 11.5. The van der Waals surface area contributed by atoms with Crippen molar-refractivity contribution >= 4 is 17.2 Å². The van der Waals surface area contributed by atoms with Gasteiger partial charge >= 0.3 is 0 Å². The number of nitrogens with zero attached hydrogens (tertiary/aromatic N) is 2. The lowest BCUT2D eigenvalue weighted by Gasteiger charge is -2.35. The highest BCUT2D eigenvalue weighted by molar-refractivity contribution is 7.07. The predicted octanol–water partition coefficient (Wildman–Crippen LogP) is 1.21. The van der Waals surface area contributed by atoms with E-state index >= 15 is 0 Å². The summed E-state index contributed by atoms with van der Waals surface area (Å²) >= 11 is 1.45. The fraction of sp³-hybridized carbons (Fsp3) is 0.636. The summed E-state index contributed by atoms with van der Waals surface area (Å²) in [5.74, 6) is 0.462. The van der Waals surface area contributed by atoms with Crippen molar-refractivity contribution in [2.75, 3.05) is 20.1 Å². The maximum Gasteiger partial charge on any atom is 0.270 e. The molecule has 0 aromatic carbocycles. The SMILES string of the molecule is CC1CN(C)CCC1NC(=O)c1cscn1. The van der Waals surface area contributed by atoms with Crippen LogP contribution in [-0.2, 0) is 0 Å². The number of piperidine rings is 1. The Morgan fingerprint density at radius 1 is 1.69 bits per heavy atom. The molecule has 2 heterocycles. The van der Waals surface area contributed by atoms with Crippen molar-refractivity contribution in [1.29, 1.82) is 0 Å². The molecule has 2 unspecified atom stereocenters. The van der Waals surface area contributed by atoms with Crippen LogP contribution in [0.15, 0.2) is 10.9 Å². The summed E-state index contributed by atoms with van der Waals surface area (Å²) < 4.78 is 0. The molecular formula is C11H17N3OS. The van der Waals surface area contributed by atoms with E-state index in [-0.39, 0.29) is 11.9 Å². The molecule has 2 atom stereocenters. The molecule has 2 rings (SSSR count). The average molecular weight is 239 g/mol. The van der Waals surface area contributed by atoms with E-state index in [9.17, 15) is 4.79 Å². The minimum absolute atomic E-state index is 0.0392. The van der Waals surface area contributed by atoms with Crippen molar-refractivity contribution in [3.63, 3.8) is 0 Å². The highest BCUT2D eigenvalue weighted by atomic mass is 32.1. The highest BCUT2D eigenvalue weighted by Gasteiger charge is 2.26. The Morgan fingerprint density at radius 3 is 3.12 bits per heavy atom. The number of thiazole rings is 1. The molecule has 0 saturated carbocycles. The van der Waals surface area contributed by atoms with E-state index < -0.39 is 0 Å². The Kier molecular flexibility index (Phi) is 3.56. The third kappa shape index (κ3) is 2.59. The van der Waals surface area contributed by atoms with E-state index in [4.69, 9.17) is 0 Å². The molecule has 88 valence electrons. The van der Waals surface area contributed by atoms with Crippen LogP contribution in [0.2, 0.25) is 0 Å². The van der Waals surface area contributed by atoms with Gasteiger partial charge in [-0.1, -0.05) is 6.92 Å². The van der Waals surface area contributed by atoms with E-state index in [1.165, 1.54) is 11.3 Å². The first-order chi connectivity index (χ1) is 7.66. The molecule has 1 amide bonds. The molecule has 0 spiro atoms. The van der Waals surface area contributed by atoms with Crippen LogP contribution in [0.25, 0.3) is 0 Å². The molecule has 5 heteroatoms. The average Bonchev–Trinajstić information content (AvgIpc) is 2.75. The zero-order chi connectivity index (χ0) is 11.5. The number of carbonyl (C=O) groups is 1. The molecule has 4 nitrogen and oxygen atoms in total. The smallest absolute Gasteiger partial charge is 0.270 e. The summed E-state index contributed by atoms with van der Waals surface area (Å²) in [6, 6.07) is 0.283. The van der Waals surface area contributed by atoms with Gasteiger partial charge in [-0.2, -0.15) is 0 Å². The van der Waals surface area contributed by atoms with Gasteiger partial charge in [-0.15, -0.1) is 11.3 Å². The van der Waals surface area contributed by atoms with Gasteiger partial charge in [0.2, 0.25) is 0 Å². The summed E-state index contributed by atoms with van der Waals surface area (Å²) in [6.07, 6.45) is 1.02. The maximum absolute atomic E-state index is 11.8. The van der Waals surface area contributed by atoms with Crippen LogP contribution in [0.3, 0.4) is 0 Å². The van der Waals surface area contributed by atoms with E-state index in [1.54, 1.807) is 10.9 Å². The van der Waals surface area contributed by atoms with E-state index in [1.807, 2.05) is 0 Å². The van der Waals surface area contributed by atoms with Gasteiger partial charge in [0.25, 0.3) is 5.91 Å². The van der Waals surface area contributed by atoms with Gasteiger partial charge in [0, 0.05) is 18.0 Å². The van der Waals surface area contributed by atoms with Crippen molar-refractivity contribution in [3.05, 3.63) is 16.6 Å². The van der Waals surface area contributed by atoms with Crippen molar-refractivity contribution in [2.45, 2.75) is 19.4 Å². The zero-order valence-electron chi connectivity index (χ0n) is 9.64. The Labute approximate surface area is 99.7 Å². The van der Waals surface area contributed by atoms with Crippen LogP contribution in [0, 0.1) is 5.92 Å². The number of likely N-dealkylation sites (tertiary alicyclic amines) is 1. The van der Waals surface area contributed by atoms with Crippen LogP contribution in [0.1, 0.15) is 23.8 Å². The molecule has 1 saturated heterocycles. The summed E-state index contributed by atoms with van der Waals surface area (Å²) in [5.41, 5.74) is 2.23. The second-order valence-corrected chi connectivity index (χ2v) is 5.20. The minimum Gasteiger partial charge on any atom is -0.348 e. The largest absolute Gasteiger partial charge is 0.348 e. The van der Waals surface area contributed by atoms with Crippen LogP contribution in [0.5, 0.6) is 0 Å². The molecule has 1 fully saturated rings. The molecule has 0 radical (unpaired) electrons. The third-order valence-electron chi connectivity index (χ3n) is 3.09. The van der Waals surface area contributed by atoms with Crippen LogP contribution < -0.4 is 5.32 Å². The Hall–Kier alpha value is -0.940. The summed E-state index contributed by atoms with van der Waals surface area (Å²) in [6.45, 7) is 4.27. The lowest BCUT2D eigenvalue weighted by Crippen LogP contribution is -2.48. The molecule has 1 aromatic rings. The van der Waals surface area contributed by atoms with Gasteiger partial charge in [-0.25, -0.2) is 4.98 Å². The molecular weight excluding hydrogens is 222 g/mol. The van der Waals surface area contributed by atoms with Crippen LogP contribution >= 0.6 is 11.3 Å². The van der Waals surface area contributed by atoms with Crippen LogP contribution in [0.4, 0.5) is 0 Å². The summed E-state index contributed by atoms with van der Waals surface area (Å²) in [4.78, 5) is 18.1. The molecule has 1 aromatic heterocycles. The van der Waals surface area contributed by atoms with Gasteiger partial charge in [0.05, 0.1) is 5.51 Å². The number of amides is 1. The first-order valence-corrected chi connectivity index (χ1v) is 6.48. The van der Waals surface area contributed by atoms with Gasteiger partial charge in [-0.3, -0.25) is 4.79 Å². The quantitative estimate of drug-likeness (QED) is 0.844. The summed E-state index contributed by atoms with van der Waals surface area (Å²) in [7, 11) is 2.12. The van der Waals surface area contributed by atoms with E-state index in [2.05, 4.69) is 29.2 Å². The van der Waals surface area contributed by atoms with Gasteiger partial charge in [0.1, 0.15) is 5.69 Å². The lowest BCUT2D eigenvalue weighted by atomic mass is 9.94. The summed E-state index contributed by atoms with van der Waals surface area (Å²) in [5, 5.41) is 4.86. The van der Waals surface area contributed by atoms with Gasteiger partial charge < -0.3 is 10.2 Å². The number of hydrogen-bond donors (Lipinski definition) is 1. The molecule has 0 aliphatic carbocycles. The number of hydrogen-bond acceptors (Lipinski definition) is 4. The second-order valence-electron chi connectivity index (χ2n) is 4.48. The van der Waals surface area contributed by atoms with Crippen molar-refractivity contribution < 1.29 is 4.79 Å². The zero-order valence-corrected chi connectivity index (χ0v) is 10.5. The normalized spacial score (nSPS) is 26.6. The monoisotopic (exact) mass is 239 g/mol. The molecule has 1 N–H and O–H groups in total. The predicted molar refractivity (Wildman–Crippen MR) is 64.6 cm³/mol. The fourth-order valence-electron chi connectivity index (χ4n) is 2.14.